The molecule has 1 amide bonds. The first-order chi connectivity index (χ1) is 7.16. The monoisotopic (exact) mass is 214 g/mol. The number of likely N-dealkylation sites (tertiary alicyclic amines) is 1. The lowest BCUT2D eigenvalue weighted by Crippen LogP contribution is -2.50. The van der Waals surface area contributed by atoms with Crippen molar-refractivity contribution < 1.29 is 9.53 Å². The van der Waals surface area contributed by atoms with E-state index >= 15 is 0 Å². The largest absolute Gasteiger partial charge is 0.385 e. The zero-order valence-electron chi connectivity index (χ0n) is 9.74. The summed E-state index contributed by atoms with van der Waals surface area (Å²) in [5.74, 6) is 0.0826. The Labute approximate surface area is 91.8 Å². The number of nitrogens with two attached hydrogens (primary N) is 1. The second-order valence-corrected chi connectivity index (χ2v) is 4.26. The molecule has 0 radical (unpaired) electrons. The maximum atomic E-state index is 12.0. The molecule has 0 bridgehead atoms. The standard InChI is InChI=1S/C11H22N2O2/c1-9-5-3-4-7-13(9)11(14)10(12)6-8-15-2/h9-10H,3-8,12H2,1-2H3. The van der Waals surface area contributed by atoms with Crippen molar-refractivity contribution in [2.75, 3.05) is 20.3 Å². The van der Waals surface area contributed by atoms with Crippen LogP contribution < -0.4 is 5.73 Å². The Morgan fingerprint density at radius 1 is 1.60 bits per heavy atom. The van der Waals surface area contributed by atoms with Crippen LogP contribution in [0.4, 0.5) is 0 Å². The highest BCUT2D eigenvalue weighted by atomic mass is 16.5. The molecule has 2 unspecified atom stereocenters. The van der Waals surface area contributed by atoms with Gasteiger partial charge in [-0.2, -0.15) is 0 Å². The Morgan fingerprint density at radius 2 is 2.33 bits per heavy atom. The van der Waals surface area contributed by atoms with Gasteiger partial charge in [0.05, 0.1) is 6.04 Å². The van der Waals surface area contributed by atoms with Gasteiger partial charge in [-0.15, -0.1) is 0 Å². The molecule has 4 nitrogen and oxygen atoms in total. The number of carbonyl (C=O) groups excluding carboxylic acids is 1. The number of amides is 1. The molecule has 2 atom stereocenters. The lowest BCUT2D eigenvalue weighted by Gasteiger charge is -2.35. The summed E-state index contributed by atoms with van der Waals surface area (Å²) in [6.07, 6.45) is 4.03. The number of hydrogen-bond donors (Lipinski definition) is 1. The van der Waals surface area contributed by atoms with Gasteiger partial charge in [0.25, 0.3) is 0 Å². The van der Waals surface area contributed by atoms with Crippen molar-refractivity contribution in [2.45, 2.75) is 44.7 Å². The van der Waals surface area contributed by atoms with Gasteiger partial charge in [0.1, 0.15) is 0 Å². The summed E-state index contributed by atoms with van der Waals surface area (Å²) in [5, 5.41) is 0. The topological polar surface area (TPSA) is 55.6 Å². The minimum Gasteiger partial charge on any atom is -0.385 e. The SMILES string of the molecule is COCCC(N)C(=O)N1CCCCC1C. The van der Waals surface area contributed by atoms with Crippen LogP contribution in [0.2, 0.25) is 0 Å². The fourth-order valence-corrected chi connectivity index (χ4v) is 2.01. The van der Waals surface area contributed by atoms with Crippen molar-refractivity contribution in [1.82, 2.24) is 4.90 Å². The molecule has 1 rings (SSSR count). The average Bonchev–Trinajstić information content (AvgIpc) is 2.25. The molecular formula is C11H22N2O2. The molecule has 1 aliphatic rings. The predicted octanol–water partition coefficient (Wildman–Crippen LogP) is 0.751. The first kappa shape index (κ1) is 12.5. The van der Waals surface area contributed by atoms with Crippen LogP contribution in [0.3, 0.4) is 0 Å². The van der Waals surface area contributed by atoms with E-state index in [-0.39, 0.29) is 5.91 Å². The maximum absolute atomic E-state index is 12.0. The maximum Gasteiger partial charge on any atom is 0.239 e. The van der Waals surface area contributed by atoms with Crippen LogP contribution in [0, 0.1) is 0 Å². The number of hydrogen-bond acceptors (Lipinski definition) is 3. The second kappa shape index (κ2) is 6.08. The molecule has 0 aromatic heterocycles. The Hall–Kier alpha value is -0.610. The van der Waals surface area contributed by atoms with Crippen LogP contribution in [-0.4, -0.2) is 43.2 Å². The van der Waals surface area contributed by atoms with E-state index in [1.165, 1.54) is 6.42 Å². The van der Waals surface area contributed by atoms with Crippen molar-refractivity contribution in [3.8, 4) is 0 Å². The van der Waals surface area contributed by atoms with E-state index in [1.807, 2.05) is 4.90 Å². The van der Waals surface area contributed by atoms with Gasteiger partial charge in [-0.05, 0) is 32.6 Å². The van der Waals surface area contributed by atoms with Gasteiger partial charge in [-0.3, -0.25) is 4.79 Å². The van der Waals surface area contributed by atoms with E-state index in [0.717, 1.165) is 19.4 Å². The summed E-state index contributed by atoms with van der Waals surface area (Å²) in [6, 6.07) is -0.0506. The van der Waals surface area contributed by atoms with E-state index in [0.29, 0.717) is 19.1 Å². The van der Waals surface area contributed by atoms with Crippen molar-refractivity contribution in [1.29, 1.82) is 0 Å². The quantitative estimate of drug-likeness (QED) is 0.751. The van der Waals surface area contributed by atoms with Crippen molar-refractivity contribution >= 4 is 5.91 Å². The molecule has 1 heterocycles. The Bertz CT molecular complexity index is 209. The van der Waals surface area contributed by atoms with Crippen molar-refractivity contribution in [3.05, 3.63) is 0 Å². The van der Waals surface area contributed by atoms with E-state index in [4.69, 9.17) is 10.5 Å². The normalized spacial score (nSPS) is 23.9. The lowest BCUT2D eigenvalue weighted by atomic mass is 10.0. The zero-order valence-corrected chi connectivity index (χ0v) is 9.74. The van der Waals surface area contributed by atoms with Crippen LogP contribution in [0.15, 0.2) is 0 Å². The second-order valence-electron chi connectivity index (χ2n) is 4.26. The van der Waals surface area contributed by atoms with E-state index in [9.17, 15) is 4.79 Å². The third kappa shape index (κ3) is 3.47. The average molecular weight is 214 g/mol. The summed E-state index contributed by atoms with van der Waals surface area (Å²) in [4.78, 5) is 13.9. The number of rotatable bonds is 4. The van der Waals surface area contributed by atoms with Gasteiger partial charge in [-0.1, -0.05) is 0 Å². The lowest BCUT2D eigenvalue weighted by molar-refractivity contribution is -0.136. The van der Waals surface area contributed by atoms with Crippen LogP contribution in [0.1, 0.15) is 32.6 Å². The summed E-state index contributed by atoms with van der Waals surface area (Å²) in [5.41, 5.74) is 5.83. The van der Waals surface area contributed by atoms with Gasteiger partial charge in [0.2, 0.25) is 5.91 Å². The molecule has 88 valence electrons. The van der Waals surface area contributed by atoms with Crippen molar-refractivity contribution in [2.24, 2.45) is 5.73 Å². The molecule has 15 heavy (non-hydrogen) atoms. The molecule has 1 fully saturated rings. The first-order valence-corrected chi connectivity index (χ1v) is 5.71. The van der Waals surface area contributed by atoms with Gasteiger partial charge >= 0.3 is 0 Å². The number of carbonyl (C=O) groups is 1. The van der Waals surface area contributed by atoms with Crippen LogP contribution in [0.25, 0.3) is 0 Å². The molecule has 1 aliphatic heterocycles. The first-order valence-electron chi connectivity index (χ1n) is 5.71. The predicted molar refractivity (Wildman–Crippen MR) is 59.5 cm³/mol. The van der Waals surface area contributed by atoms with Gasteiger partial charge in [0.15, 0.2) is 0 Å². The third-order valence-corrected chi connectivity index (χ3v) is 3.04. The zero-order chi connectivity index (χ0) is 11.3. The summed E-state index contributed by atoms with van der Waals surface area (Å²) < 4.78 is 4.93. The summed E-state index contributed by atoms with van der Waals surface area (Å²) in [7, 11) is 1.63. The Morgan fingerprint density at radius 3 is 2.93 bits per heavy atom. The molecule has 0 aliphatic carbocycles. The molecule has 0 aromatic carbocycles. The number of piperidine rings is 1. The highest BCUT2D eigenvalue weighted by Crippen LogP contribution is 2.17. The summed E-state index contributed by atoms with van der Waals surface area (Å²) in [6.45, 7) is 3.51. The highest BCUT2D eigenvalue weighted by Gasteiger charge is 2.26. The molecule has 1 saturated heterocycles. The molecule has 0 aromatic rings. The van der Waals surface area contributed by atoms with E-state index in [1.54, 1.807) is 7.11 Å². The van der Waals surface area contributed by atoms with Crippen molar-refractivity contribution in [3.63, 3.8) is 0 Å². The molecule has 4 heteroatoms. The number of methoxy groups -OCH3 is 1. The third-order valence-electron chi connectivity index (χ3n) is 3.04. The molecular weight excluding hydrogens is 192 g/mol. The molecule has 0 spiro atoms. The fourth-order valence-electron chi connectivity index (χ4n) is 2.01. The van der Waals surface area contributed by atoms with Crippen LogP contribution in [0.5, 0.6) is 0 Å². The molecule has 0 saturated carbocycles. The van der Waals surface area contributed by atoms with Crippen LogP contribution >= 0.6 is 0 Å². The Kier molecular flexibility index (Phi) is 5.05. The number of nitrogens with zero attached hydrogens (tertiary/aromatic N) is 1. The Balaban J connectivity index is 2.43. The van der Waals surface area contributed by atoms with E-state index < -0.39 is 6.04 Å². The minimum atomic E-state index is -0.398. The number of ether oxygens (including phenoxy) is 1. The fraction of sp³-hybridized carbons (Fsp3) is 0.909. The van der Waals surface area contributed by atoms with Gasteiger partial charge < -0.3 is 15.4 Å². The highest BCUT2D eigenvalue weighted by molar-refractivity contribution is 5.82. The van der Waals surface area contributed by atoms with Crippen LogP contribution in [-0.2, 0) is 9.53 Å². The molecule has 2 N–H and O–H groups in total. The minimum absolute atomic E-state index is 0.0826. The van der Waals surface area contributed by atoms with Gasteiger partial charge in [-0.25, -0.2) is 0 Å². The summed E-state index contributed by atoms with van der Waals surface area (Å²) >= 11 is 0. The smallest absolute Gasteiger partial charge is 0.239 e. The van der Waals surface area contributed by atoms with Gasteiger partial charge in [0, 0.05) is 26.3 Å². The van der Waals surface area contributed by atoms with E-state index in [2.05, 4.69) is 6.92 Å².